The number of nitrogens with one attached hydrogen (secondary N) is 1. The van der Waals surface area contributed by atoms with Gasteiger partial charge in [-0.2, -0.15) is 0 Å². The Morgan fingerprint density at radius 3 is 2.59 bits per heavy atom. The molecule has 1 saturated heterocycles. The number of hydrogen-bond donors (Lipinski definition) is 1. The average molecular weight is 230 g/mol. The molecule has 2 aliphatic rings. The van der Waals surface area contributed by atoms with Crippen molar-refractivity contribution in [2.45, 2.75) is 12.3 Å². The van der Waals surface area contributed by atoms with Crippen molar-refractivity contribution in [3.05, 3.63) is 35.9 Å². The maximum atomic E-state index is 12.2. The van der Waals surface area contributed by atoms with Gasteiger partial charge in [-0.05, 0) is 17.9 Å². The Bertz CT molecular complexity index is 398. The van der Waals surface area contributed by atoms with Gasteiger partial charge in [0.1, 0.15) is 0 Å². The van der Waals surface area contributed by atoms with Crippen LogP contribution in [-0.4, -0.2) is 37.0 Å². The molecule has 0 aromatic heterocycles. The second-order valence-corrected chi connectivity index (χ2v) is 4.93. The summed E-state index contributed by atoms with van der Waals surface area (Å²) in [5, 5.41) is 3.28. The Morgan fingerprint density at radius 1 is 1.18 bits per heavy atom. The minimum absolute atomic E-state index is 0.246. The summed E-state index contributed by atoms with van der Waals surface area (Å²) in [7, 11) is 0. The van der Waals surface area contributed by atoms with E-state index in [0.717, 1.165) is 32.6 Å². The molecule has 1 aromatic rings. The van der Waals surface area contributed by atoms with Crippen molar-refractivity contribution in [1.29, 1.82) is 0 Å². The summed E-state index contributed by atoms with van der Waals surface area (Å²) in [6.45, 7) is 3.62. The van der Waals surface area contributed by atoms with Gasteiger partial charge < -0.3 is 10.2 Å². The molecule has 3 rings (SSSR count). The molecule has 3 nitrogen and oxygen atoms in total. The molecule has 17 heavy (non-hydrogen) atoms. The van der Waals surface area contributed by atoms with Gasteiger partial charge in [-0.1, -0.05) is 30.3 Å². The molecular formula is C14H18N2O. The van der Waals surface area contributed by atoms with Crippen LogP contribution in [0.25, 0.3) is 0 Å². The summed E-state index contributed by atoms with van der Waals surface area (Å²) in [4.78, 5) is 14.3. The molecule has 2 fully saturated rings. The molecule has 2 atom stereocenters. The molecule has 90 valence electrons. The van der Waals surface area contributed by atoms with Crippen molar-refractivity contribution in [3.8, 4) is 0 Å². The first-order valence-corrected chi connectivity index (χ1v) is 6.41. The third-order valence-electron chi connectivity index (χ3n) is 3.76. The van der Waals surface area contributed by atoms with E-state index < -0.39 is 0 Å². The Hall–Kier alpha value is -1.35. The number of benzene rings is 1. The Morgan fingerprint density at radius 2 is 1.88 bits per heavy atom. The van der Waals surface area contributed by atoms with Crippen LogP contribution in [0.4, 0.5) is 0 Å². The van der Waals surface area contributed by atoms with Crippen molar-refractivity contribution in [3.63, 3.8) is 0 Å². The molecule has 0 radical (unpaired) electrons. The SMILES string of the molecule is O=C(C1CC1c1ccccc1)N1CCNCC1. The van der Waals surface area contributed by atoms with Gasteiger partial charge in [0.2, 0.25) is 5.91 Å². The molecule has 1 saturated carbocycles. The topological polar surface area (TPSA) is 32.3 Å². The van der Waals surface area contributed by atoms with E-state index in [-0.39, 0.29) is 5.92 Å². The van der Waals surface area contributed by atoms with Crippen LogP contribution in [0, 0.1) is 5.92 Å². The summed E-state index contributed by atoms with van der Waals surface area (Å²) in [6, 6.07) is 10.4. The molecule has 2 unspecified atom stereocenters. The molecule has 1 aromatic carbocycles. The fourth-order valence-corrected chi connectivity index (χ4v) is 2.66. The summed E-state index contributed by atoms with van der Waals surface area (Å²) in [5.41, 5.74) is 1.32. The summed E-state index contributed by atoms with van der Waals surface area (Å²) < 4.78 is 0. The van der Waals surface area contributed by atoms with Crippen LogP contribution in [0.2, 0.25) is 0 Å². The van der Waals surface area contributed by atoms with Gasteiger partial charge in [-0.15, -0.1) is 0 Å². The first-order valence-electron chi connectivity index (χ1n) is 6.41. The number of amides is 1. The maximum Gasteiger partial charge on any atom is 0.226 e. The van der Waals surface area contributed by atoms with Crippen molar-refractivity contribution < 1.29 is 4.79 Å². The highest BCUT2D eigenvalue weighted by Gasteiger charge is 2.45. The largest absolute Gasteiger partial charge is 0.340 e. The van der Waals surface area contributed by atoms with Crippen LogP contribution >= 0.6 is 0 Å². The molecule has 0 bridgehead atoms. The van der Waals surface area contributed by atoms with E-state index in [1.54, 1.807) is 0 Å². The standard InChI is InChI=1S/C14H18N2O/c17-14(16-8-6-15-7-9-16)13-10-12(13)11-4-2-1-3-5-11/h1-5,12-13,15H,6-10H2. The zero-order valence-corrected chi connectivity index (χ0v) is 9.93. The van der Waals surface area contributed by atoms with Crippen LogP contribution in [0.3, 0.4) is 0 Å². The van der Waals surface area contributed by atoms with Crippen LogP contribution < -0.4 is 5.32 Å². The lowest BCUT2D eigenvalue weighted by molar-refractivity contribution is -0.133. The van der Waals surface area contributed by atoms with Crippen LogP contribution in [0.1, 0.15) is 17.9 Å². The fourth-order valence-electron chi connectivity index (χ4n) is 2.66. The smallest absolute Gasteiger partial charge is 0.226 e. The first kappa shape index (κ1) is 10.8. The van der Waals surface area contributed by atoms with E-state index >= 15 is 0 Å². The van der Waals surface area contributed by atoms with E-state index in [0.29, 0.717) is 11.8 Å². The Balaban J connectivity index is 1.62. The van der Waals surface area contributed by atoms with Crippen LogP contribution in [0.15, 0.2) is 30.3 Å². The molecule has 1 aliphatic carbocycles. The number of nitrogens with zero attached hydrogens (tertiary/aromatic N) is 1. The Labute approximate surface area is 102 Å². The highest BCUT2D eigenvalue weighted by molar-refractivity contribution is 5.83. The number of carbonyl (C=O) groups is 1. The van der Waals surface area contributed by atoms with Crippen molar-refractivity contribution in [2.24, 2.45) is 5.92 Å². The molecule has 1 heterocycles. The van der Waals surface area contributed by atoms with Gasteiger partial charge in [-0.25, -0.2) is 0 Å². The number of hydrogen-bond acceptors (Lipinski definition) is 2. The van der Waals surface area contributed by atoms with Crippen LogP contribution in [-0.2, 0) is 4.79 Å². The van der Waals surface area contributed by atoms with E-state index in [1.807, 2.05) is 11.0 Å². The summed E-state index contributed by atoms with van der Waals surface area (Å²) >= 11 is 0. The lowest BCUT2D eigenvalue weighted by Crippen LogP contribution is -2.47. The monoisotopic (exact) mass is 230 g/mol. The minimum Gasteiger partial charge on any atom is -0.340 e. The van der Waals surface area contributed by atoms with Crippen molar-refractivity contribution in [1.82, 2.24) is 10.2 Å². The molecule has 0 spiro atoms. The van der Waals surface area contributed by atoms with Crippen molar-refractivity contribution >= 4 is 5.91 Å². The average Bonchev–Trinajstić information content (AvgIpc) is 3.20. The van der Waals surface area contributed by atoms with Gasteiger partial charge in [0.05, 0.1) is 0 Å². The number of piperazine rings is 1. The third-order valence-corrected chi connectivity index (χ3v) is 3.76. The Kier molecular flexibility index (Phi) is 2.85. The predicted octanol–water partition coefficient (Wildman–Crippen LogP) is 1.22. The fraction of sp³-hybridized carbons (Fsp3) is 0.500. The van der Waals surface area contributed by atoms with Gasteiger partial charge in [0, 0.05) is 32.1 Å². The first-order chi connectivity index (χ1) is 8.36. The second kappa shape index (κ2) is 4.49. The molecule has 1 amide bonds. The van der Waals surface area contributed by atoms with E-state index in [1.165, 1.54) is 5.56 Å². The molecule has 1 aliphatic heterocycles. The predicted molar refractivity (Wildman–Crippen MR) is 66.7 cm³/mol. The highest BCUT2D eigenvalue weighted by Crippen LogP contribution is 2.48. The van der Waals surface area contributed by atoms with Crippen LogP contribution in [0.5, 0.6) is 0 Å². The zero-order chi connectivity index (χ0) is 11.7. The molecular weight excluding hydrogens is 212 g/mol. The summed E-state index contributed by atoms with van der Waals surface area (Å²) in [5.74, 6) is 1.08. The van der Waals surface area contributed by atoms with Gasteiger partial charge in [-0.3, -0.25) is 4.79 Å². The normalized spacial score (nSPS) is 27.9. The quantitative estimate of drug-likeness (QED) is 0.828. The minimum atomic E-state index is 0.246. The van der Waals surface area contributed by atoms with E-state index in [9.17, 15) is 4.79 Å². The molecule has 3 heteroatoms. The van der Waals surface area contributed by atoms with Gasteiger partial charge in [0.25, 0.3) is 0 Å². The van der Waals surface area contributed by atoms with Gasteiger partial charge >= 0.3 is 0 Å². The second-order valence-electron chi connectivity index (χ2n) is 4.93. The third kappa shape index (κ3) is 2.20. The van der Waals surface area contributed by atoms with E-state index in [4.69, 9.17) is 0 Å². The zero-order valence-electron chi connectivity index (χ0n) is 9.93. The van der Waals surface area contributed by atoms with Gasteiger partial charge in [0.15, 0.2) is 0 Å². The lowest BCUT2D eigenvalue weighted by atomic mass is 10.1. The summed E-state index contributed by atoms with van der Waals surface area (Å²) in [6.07, 6.45) is 1.03. The highest BCUT2D eigenvalue weighted by atomic mass is 16.2. The number of carbonyl (C=O) groups excluding carboxylic acids is 1. The van der Waals surface area contributed by atoms with Crippen molar-refractivity contribution in [2.75, 3.05) is 26.2 Å². The maximum absolute atomic E-state index is 12.2. The van der Waals surface area contributed by atoms with E-state index in [2.05, 4.69) is 29.6 Å². The lowest BCUT2D eigenvalue weighted by Gasteiger charge is -2.27. The molecule has 1 N–H and O–H groups in total. The number of rotatable bonds is 2.